The Kier molecular flexibility index (Phi) is 10.1. The van der Waals surface area contributed by atoms with Gasteiger partial charge in [0.1, 0.15) is 17.5 Å². The first-order chi connectivity index (χ1) is 13.0. The van der Waals surface area contributed by atoms with E-state index in [4.69, 9.17) is 19.9 Å². The van der Waals surface area contributed by atoms with Crippen molar-refractivity contribution in [3.05, 3.63) is 42.0 Å². The smallest absolute Gasteiger partial charge is 0.225 e. The lowest BCUT2D eigenvalue weighted by molar-refractivity contribution is -0.135. The van der Waals surface area contributed by atoms with Crippen LogP contribution in [0, 0.1) is 0 Å². The third-order valence-corrected chi connectivity index (χ3v) is 5.10. The summed E-state index contributed by atoms with van der Waals surface area (Å²) in [5, 5.41) is 0. The lowest BCUT2D eigenvalue weighted by Gasteiger charge is -2.24. The maximum atomic E-state index is 12.8. The third-order valence-electron chi connectivity index (χ3n) is 5.10. The molecule has 0 radical (unpaired) electrons. The monoisotopic (exact) mass is 443 g/mol. The number of halogens is 2. The van der Waals surface area contributed by atoms with E-state index in [-0.39, 0.29) is 55.2 Å². The number of ether oxygens (including phenoxy) is 1. The van der Waals surface area contributed by atoms with Crippen LogP contribution in [0.5, 0.6) is 0 Å². The number of carbonyl (C=O) groups excluding carboxylic acids is 1. The van der Waals surface area contributed by atoms with Gasteiger partial charge < -0.3 is 19.8 Å². The highest BCUT2D eigenvalue weighted by Crippen LogP contribution is 2.37. The fraction of sp³-hybridized carbons (Fsp3) is 0.524. The standard InChI is InChI=1S/C21H29N3O3.2ClH/c1-14(2)20-19(15-8-5-4-6-9-15)23-21(27-20)17-10-7-11-24(17)18(25)12-16(13-22)26-3;;/h4-6,8-9,14,16-17H,7,10-13,22H2,1-3H3;2*1H. The zero-order chi connectivity index (χ0) is 19.4. The van der Waals surface area contributed by atoms with Gasteiger partial charge in [0, 0.05) is 31.7 Å². The van der Waals surface area contributed by atoms with Crippen molar-refractivity contribution < 1.29 is 13.9 Å². The number of nitrogens with two attached hydrogens (primary N) is 1. The molecule has 0 spiro atoms. The van der Waals surface area contributed by atoms with Crippen LogP contribution in [-0.4, -0.2) is 42.1 Å². The van der Waals surface area contributed by atoms with Crippen LogP contribution >= 0.6 is 24.8 Å². The number of methoxy groups -OCH3 is 1. The molecule has 8 heteroatoms. The van der Waals surface area contributed by atoms with Crippen LogP contribution in [0.15, 0.2) is 34.7 Å². The van der Waals surface area contributed by atoms with Gasteiger partial charge in [0.05, 0.1) is 12.5 Å². The van der Waals surface area contributed by atoms with E-state index < -0.39 is 0 Å². The van der Waals surface area contributed by atoms with Gasteiger partial charge in [-0.25, -0.2) is 4.98 Å². The van der Waals surface area contributed by atoms with Gasteiger partial charge in [-0.3, -0.25) is 4.79 Å². The van der Waals surface area contributed by atoms with Crippen LogP contribution in [0.3, 0.4) is 0 Å². The minimum Gasteiger partial charge on any atom is -0.442 e. The second-order valence-corrected chi connectivity index (χ2v) is 7.33. The van der Waals surface area contributed by atoms with E-state index in [1.165, 1.54) is 0 Å². The van der Waals surface area contributed by atoms with Crippen LogP contribution in [-0.2, 0) is 9.53 Å². The molecule has 2 heterocycles. The van der Waals surface area contributed by atoms with Crippen molar-refractivity contribution in [2.75, 3.05) is 20.2 Å². The highest BCUT2D eigenvalue weighted by atomic mass is 35.5. The normalized spacial score (nSPS) is 17.0. The maximum Gasteiger partial charge on any atom is 0.225 e. The molecule has 0 bridgehead atoms. The minimum absolute atomic E-state index is 0. The number of carbonyl (C=O) groups is 1. The van der Waals surface area contributed by atoms with Crippen LogP contribution in [0.1, 0.15) is 56.7 Å². The Morgan fingerprint density at radius 1 is 1.31 bits per heavy atom. The average Bonchev–Trinajstić information content (AvgIpc) is 3.33. The molecule has 1 saturated heterocycles. The summed E-state index contributed by atoms with van der Waals surface area (Å²) in [7, 11) is 1.58. The Morgan fingerprint density at radius 3 is 2.59 bits per heavy atom. The summed E-state index contributed by atoms with van der Waals surface area (Å²) in [4.78, 5) is 19.5. The summed E-state index contributed by atoms with van der Waals surface area (Å²) < 4.78 is 11.5. The zero-order valence-electron chi connectivity index (χ0n) is 17.2. The molecular weight excluding hydrogens is 413 g/mol. The van der Waals surface area contributed by atoms with E-state index in [1.807, 2.05) is 35.2 Å². The fourth-order valence-corrected chi connectivity index (χ4v) is 3.58. The van der Waals surface area contributed by atoms with Crippen molar-refractivity contribution in [2.45, 2.75) is 51.2 Å². The first-order valence-electron chi connectivity index (χ1n) is 9.63. The molecule has 2 unspecified atom stereocenters. The van der Waals surface area contributed by atoms with Gasteiger partial charge in [-0.1, -0.05) is 44.2 Å². The number of aromatic nitrogens is 1. The number of benzene rings is 1. The third kappa shape index (κ3) is 5.72. The molecule has 1 aliphatic rings. The van der Waals surface area contributed by atoms with Crippen LogP contribution in [0.25, 0.3) is 11.3 Å². The molecule has 1 aliphatic heterocycles. The van der Waals surface area contributed by atoms with Crippen LogP contribution in [0.4, 0.5) is 0 Å². The van der Waals surface area contributed by atoms with Crippen LogP contribution < -0.4 is 5.73 Å². The van der Waals surface area contributed by atoms with Gasteiger partial charge in [-0.15, -0.1) is 24.8 Å². The largest absolute Gasteiger partial charge is 0.442 e. The minimum atomic E-state index is -0.255. The average molecular weight is 444 g/mol. The molecule has 1 amide bonds. The molecule has 2 atom stereocenters. The second kappa shape index (κ2) is 11.6. The highest BCUT2D eigenvalue weighted by molar-refractivity contribution is 5.85. The maximum absolute atomic E-state index is 12.8. The molecule has 1 aromatic carbocycles. The summed E-state index contributed by atoms with van der Waals surface area (Å²) >= 11 is 0. The van der Waals surface area contributed by atoms with E-state index in [9.17, 15) is 4.79 Å². The van der Waals surface area contributed by atoms with Crippen molar-refractivity contribution >= 4 is 30.7 Å². The summed E-state index contributed by atoms with van der Waals surface area (Å²) in [6, 6.07) is 9.93. The lowest BCUT2D eigenvalue weighted by atomic mass is 10.0. The molecule has 162 valence electrons. The summed E-state index contributed by atoms with van der Waals surface area (Å²) in [5.74, 6) is 1.75. The second-order valence-electron chi connectivity index (χ2n) is 7.33. The Labute approximate surface area is 185 Å². The van der Waals surface area contributed by atoms with E-state index in [2.05, 4.69) is 13.8 Å². The fourth-order valence-electron chi connectivity index (χ4n) is 3.58. The van der Waals surface area contributed by atoms with Gasteiger partial charge in [0.15, 0.2) is 0 Å². The van der Waals surface area contributed by atoms with Gasteiger partial charge in [-0.2, -0.15) is 0 Å². The van der Waals surface area contributed by atoms with E-state index in [1.54, 1.807) is 7.11 Å². The number of nitrogens with zero attached hydrogens (tertiary/aromatic N) is 2. The number of oxazole rings is 1. The molecule has 0 aliphatic carbocycles. The number of amides is 1. The number of rotatable bonds is 7. The molecule has 2 N–H and O–H groups in total. The Hall–Kier alpha value is -1.60. The predicted molar refractivity (Wildman–Crippen MR) is 119 cm³/mol. The van der Waals surface area contributed by atoms with Gasteiger partial charge in [-0.05, 0) is 12.8 Å². The molecule has 0 saturated carbocycles. The number of likely N-dealkylation sites (tertiary alicyclic amines) is 1. The highest BCUT2D eigenvalue weighted by Gasteiger charge is 2.35. The molecule has 6 nitrogen and oxygen atoms in total. The Morgan fingerprint density at radius 2 is 2.00 bits per heavy atom. The van der Waals surface area contributed by atoms with E-state index in [0.29, 0.717) is 19.0 Å². The van der Waals surface area contributed by atoms with Crippen molar-refractivity contribution in [3.8, 4) is 11.3 Å². The number of hydrogen-bond donors (Lipinski definition) is 1. The SMILES string of the molecule is COC(CN)CC(=O)N1CCCC1c1nc(-c2ccccc2)c(C(C)C)o1.Cl.Cl. The van der Waals surface area contributed by atoms with Crippen molar-refractivity contribution in [2.24, 2.45) is 5.73 Å². The zero-order valence-corrected chi connectivity index (χ0v) is 18.8. The quantitative estimate of drug-likeness (QED) is 0.687. The Bertz CT molecular complexity index is 764. The topological polar surface area (TPSA) is 81.6 Å². The van der Waals surface area contributed by atoms with Crippen molar-refractivity contribution in [3.63, 3.8) is 0 Å². The molecule has 2 aromatic rings. The van der Waals surface area contributed by atoms with Gasteiger partial charge >= 0.3 is 0 Å². The van der Waals surface area contributed by atoms with Gasteiger partial charge in [0.25, 0.3) is 0 Å². The summed E-state index contributed by atoms with van der Waals surface area (Å²) in [5.41, 5.74) is 7.58. The first-order valence-corrected chi connectivity index (χ1v) is 9.63. The molecule has 1 fully saturated rings. The molecular formula is C21H31Cl2N3O3. The van der Waals surface area contributed by atoms with E-state index >= 15 is 0 Å². The molecule has 3 rings (SSSR count). The first kappa shape index (κ1) is 25.4. The van der Waals surface area contributed by atoms with Gasteiger partial charge in [0.2, 0.25) is 11.8 Å². The predicted octanol–water partition coefficient (Wildman–Crippen LogP) is 4.34. The van der Waals surface area contributed by atoms with Crippen molar-refractivity contribution in [1.29, 1.82) is 0 Å². The Balaban J connectivity index is 0.00000210. The summed E-state index contributed by atoms with van der Waals surface area (Å²) in [6.07, 6.45) is 1.83. The molecule has 29 heavy (non-hydrogen) atoms. The number of hydrogen-bond acceptors (Lipinski definition) is 5. The summed E-state index contributed by atoms with van der Waals surface area (Å²) in [6.45, 7) is 5.23. The molecule has 1 aromatic heterocycles. The lowest BCUT2D eigenvalue weighted by Crippen LogP contribution is -2.35. The van der Waals surface area contributed by atoms with E-state index in [0.717, 1.165) is 29.9 Å². The van der Waals surface area contributed by atoms with Crippen molar-refractivity contribution in [1.82, 2.24) is 9.88 Å². The van der Waals surface area contributed by atoms with Crippen LogP contribution in [0.2, 0.25) is 0 Å².